The number of alkyl halides is 3. The van der Waals surface area contributed by atoms with E-state index in [2.05, 4.69) is 4.98 Å². The fourth-order valence-corrected chi connectivity index (χ4v) is 1.36. The topological polar surface area (TPSA) is 22.1 Å². The van der Waals surface area contributed by atoms with Gasteiger partial charge in [0.05, 0.1) is 5.56 Å². The van der Waals surface area contributed by atoms with Crippen molar-refractivity contribution in [1.29, 1.82) is 0 Å². The number of pyridine rings is 1. The van der Waals surface area contributed by atoms with Gasteiger partial charge in [0.2, 0.25) is 5.88 Å². The molecule has 0 atom stereocenters. The van der Waals surface area contributed by atoms with E-state index < -0.39 is 11.7 Å². The van der Waals surface area contributed by atoms with Crippen molar-refractivity contribution in [3.63, 3.8) is 0 Å². The second kappa shape index (κ2) is 5.08. The van der Waals surface area contributed by atoms with Crippen molar-refractivity contribution in [3.8, 4) is 5.88 Å². The van der Waals surface area contributed by atoms with Crippen LogP contribution in [0, 0.1) is 0 Å². The lowest BCUT2D eigenvalue weighted by Crippen LogP contribution is -2.05. The van der Waals surface area contributed by atoms with Crippen molar-refractivity contribution >= 4 is 0 Å². The highest BCUT2D eigenvalue weighted by Gasteiger charge is 2.30. The highest BCUT2D eigenvalue weighted by atomic mass is 19.4. The zero-order valence-electron chi connectivity index (χ0n) is 9.32. The summed E-state index contributed by atoms with van der Waals surface area (Å²) >= 11 is 0. The van der Waals surface area contributed by atoms with Crippen molar-refractivity contribution in [1.82, 2.24) is 4.98 Å². The maximum atomic E-state index is 12.3. The van der Waals surface area contributed by atoms with Gasteiger partial charge >= 0.3 is 6.18 Å². The summed E-state index contributed by atoms with van der Waals surface area (Å²) in [5.41, 5.74) is 0.147. The summed E-state index contributed by atoms with van der Waals surface area (Å²) in [5.74, 6) is 0.173. The number of rotatable bonds is 3. The van der Waals surface area contributed by atoms with Crippen LogP contribution in [0.15, 0.2) is 48.7 Å². The summed E-state index contributed by atoms with van der Waals surface area (Å²) in [4.78, 5) is 3.62. The molecule has 0 radical (unpaired) electrons. The molecule has 0 saturated carbocycles. The van der Waals surface area contributed by atoms with Crippen LogP contribution in [0.3, 0.4) is 0 Å². The molecule has 0 spiro atoms. The molecule has 1 aromatic carbocycles. The van der Waals surface area contributed by atoms with Gasteiger partial charge in [0.25, 0.3) is 0 Å². The largest absolute Gasteiger partial charge is 0.473 e. The zero-order chi connectivity index (χ0) is 13.0. The van der Waals surface area contributed by atoms with Crippen LogP contribution in [-0.2, 0) is 12.8 Å². The fraction of sp³-hybridized carbons (Fsp3) is 0.154. The molecule has 0 unspecified atom stereocenters. The average molecular weight is 253 g/mol. The maximum absolute atomic E-state index is 12.3. The molecule has 0 N–H and O–H groups in total. The Morgan fingerprint density at radius 1 is 1.00 bits per heavy atom. The molecule has 0 aliphatic heterocycles. The zero-order valence-corrected chi connectivity index (χ0v) is 9.32. The second-order valence-electron chi connectivity index (χ2n) is 3.66. The smallest absolute Gasteiger partial charge is 0.417 e. The lowest BCUT2D eigenvalue weighted by Gasteiger charge is -2.08. The van der Waals surface area contributed by atoms with Gasteiger partial charge in [-0.1, -0.05) is 30.3 Å². The van der Waals surface area contributed by atoms with E-state index in [0.29, 0.717) is 0 Å². The van der Waals surface area contributed by atoms with E-state index in [4.69, 9.17) is 4.74 Å². The minimum Gasteiger partial charge on any atom is -0.473 e. The predicted octanol–water partition coefficient (Wildman–Crippen LogP) is 3.68. The van der Waals surface area contributed by atoms with E-state index in [0.717, 1.165) is 17.8 Å². The summed E-state index contributed by atoms with van der Waals surface area (Å²) < 4.78 is 42.1. The molecule has 0 aliphatic rings. The summed E-state index contributed by atoms with van der Waals surface area (Å²) in [5, 5.41) is 0. The Kier molecular flexibility index (Phi) is 3.50. The van der Waals surface area contributed by atoms with Crippen LogP contribution in [0.5, 0.6) is 5.88 Å². The van der Waals surface area contributed by atoms with E-state index in [1.165, 1.54) is 6.07 Å². The molecule has 2 aromatic rings. The Hall–Kier alpha value is -2.04. The second-order valence-corrected chi connectivity index (χ2v) is 3.66. The Morgan fingerprint density at radius 3 is 2.28 bits per heavy atom. The van der Waals surface area contributed by atoms with Gasteiger partial charge in [-0.3, -0.25) is 0 Å². The van der Waals surface area contributed by atoms with Crippen molar-refractivity contribution in [2.24, 2.45) is 0 Å². The predicted molar refractivity (Wildman–Crippen MR) is 60.0 cm³/mol. The standard InChI is InChI=1S/C13H10F3NO/c14-13(15,16)11-6-7-12(17-8-11)18-9-10-4-2-1-3-5-10/h1-8H,9H2. The van der Waals surface area contributed by atoms with Gasteiger partial charge in [0.1, 0.15) is 6.61 Å². The minimum atomic E-state index is -4.37. The van der Waals surface area contributed by atoms with Crippen LogP contribution in [0.2, 0.25) is 0 Å². The normalized spacial score (nSPS) is 11.3. The molecule has 0 saturated heterocycles. The van der Waals surface area contributed by atoms with Crippen molar-refractivity contribution in [2.45, 2.75) is 12.8 Å². The number of benzene rings is 1. The lowest BCUT2D eigenvalue weighted by atomic mass is 10.2. The first-order chi connectivity index (χ1) is 8.55. The van der Waals surface area contributed by atoms with Gasteiger partial charge in [-0.15, -0.1) is 0 Å². The van der Waals surface area contributed by atoms with E-state index in [9.17, 15) is 13.2 Å². The van der Waals surface area contributed by atoms with Crippen molar-refractivity contribution < 1.29 is 17.9 Å². The molecule has 94 valence electrons. The monoisotopic (exact) mass is 253 g/mol. The van der Waals surface area contributed by atoms with E-state index in [1.54, 1.807) is 0 Å². The van der Waals surface area contributed by atoms with Crippen LogP contribution in [-0.4, -0.2) is 4.98 Å². The molecular weight excluding hydrogens is 243 g/mol. The molecule has 0 aliphatic carbocycles. The summed E-state index contributed by atoms with van der Waals surface area (Å²) in [7, 11) is 0. The average Bonchev–Trinajstić information content (AvgIpc) is 2.37. The van der Waals surface area contributed by atoms with Gasteiger partial charge in [0, 0.05) is 12.3 Å². The van der Waals surface area contributed by atoms with Gasteiger partial charge < -0.3 is 4.74 Å². The summed E-state index contributed by atoms with van der Waals surface area (Å²) in [6.07, 6.45) is -3.61. The van der Waals surface area contributed by atoms with Gasteiger partial charge in [-0.05, 0) is 11.6 Å². The van der Waals surface area contributed by atoms with Crippen LogP contribution >= 0.6 is 0 Å². The lowest BCUT2D eigenvalue weighted by molar-refractivity contribution is -0.137. The van der Waals surface area contributed by atoms with Crippen LogP contribution in [0.1, 0.15) is 11.1 Å². The van der Waals surface area contributed by atoms with E-state index in [1.807, 2.05) is 30.3 Å². The molecule has 2 rings (SSSR count). The van der Waals surface area contributed by atoms with Crippen LogP contribution in [0.4, 0.5) is 13.2 Å². The van der Waals surface area contributed by atoms with Crippen LogP contribution < -0.4 is 4.74 Å². The van der Waals surface area contributed by atoms with Crippen LogP contribution in [0.25, 0.3) is 0 Å². The Labute approximate surface area is 102 Å². The van der Waals surface area contributed by atoms with Gasteiger partial charge in [-0.2, -0.15) is 13.2 Å². The first-order valence-corrected chi connectivity index (χ1v) is 5.26. The Morgan fingerprint density at radius 2 is 1.72 bits per heavy atom. The minimum absolute atomic E-state index is 0.173. The fourth-order valence-electron chi connectivity index (χ4n) is 1.36. The molecule has 18 heavy (non-hydrogen) atoms. The first kappa shape index (κ1) is 12.4. The number of ether oxygens (including phenoxy) is 1. The molecule has 0 bridgehead atoms. The number of nitrogens with zero attached hydrogens (tertiary/aromatic N) is 1. The summed E-state index contributed by atoms with van der Waals surface area (Å²) in [6.45, 7) is 0.277. The van der Waals surface area contributed by atoms with Gasteiger partial charge in [-0.25, -0.2) is 4.98 Å². The van der Waals surface area contributed by atoms with Crippen molar-refractivity contribution in [2.75, 3.05) is 0 Å². The number of hydrogen-bond donors (Lipinski definition) is 0. The molecule has 2 nitrogen and oxygen atoms in total. The van der Waals surface area contributed by atoms with Gasteiger partial charge in [0.15, 0.2) is 0 Å². The first-order valence-electron chi connectivity index (χ1n) is 5.26. The highest BCUT2D eigenvalue weighted by Crippen LogP contribution is 2.29. The molecule has 1 heterocycles. The SMILES string of the molecule is FC(F)(F)c1ccc(OCc2ccccc2)nc1. The number of aromatic nitrogens is 1. The summed E-state index contributed by atoms with van der Waals surface area (Å²) in [6, 6.07) is 11.5. The third kappa shape index (κ3) is 3.23. The quantitative estimate of drug-likeness (QED) is 0.832. The van der Waals surface area contributed by atoms with E-state index >= 15 is 0 Å². The molecular formula is C13H10F3NO. The Balaban J connectivity index is 1.99. The molecule has 5 heteroatoms. The third-order valence-corrected chi connectivity index (χ3v) is 2.29. The Bertz CT molecular complexity index is 494. The number of hydrogen-bond acceptors (Lipinski definition) is 2. The molecule has 0 fully saturated rings. The number of halogens is 3. The maximum Gasteiger partial charge on any atom is 0.417 e. The van der Waals surface area contributed by atoms with Crippen molar-refractivity contribution in [3.05, 3.63) is 59.8 Å². The highest BCUT2D eigenvalue weighted by molar-refractivity contribution is 5.21. The van der Waals surface area contributed by atoms with E-state index in [-0.39, 0.29) is 12.5 Å². The molecule has 1 aromatic heterocycles. The third-order valence-electron chi connectivity index (χ3n) is 2.29. The molecule has 0 amide bonds.